The molecule has 0 radical (unpaired) electrons. The van der Waals surface area contributed by atoms with E-state index in [4.69, 9.17) is 11.6 Å². The molecule has 1 aliphatic rings. The summed E-state index contributed by atoms with van der Waals surface area (Å²) in [6.07, 6.45) is 0. The first-order valence-electron chi connectivity index (χ1n) is 5.98. The largest absolute Gasteiger partial charge is 0.302 e. The number of fused-ring (bicyclic) bond motifs is 1. The lowest BCUT2D eigenvalue weighted by Crippen LogP contribution is -2.26. The summed E-state index contributed by atoms with van der Waals surface area (Å²) in [4.78, 5) is 17.5. The molecule has 104 valence electrons. The number of benzene rings is 1. The highest BCUT2D eigenvalue weighted by Crippen LogP contribution is 2.36. The number of carbonyl (C=O) groups is 1. The molecule has 3 rings (SSSR count). The van der Waals surface area contributed by atoms with Gasteiger partial charge in [0.05, 0.1) is 0 Å². The van der Waals surface area contributed by atoms with Gasteiger partial charge in [0.1, 0.15) is 16.1 Å². The van der Waals surface area contributed by atoms with Crippen molar-refractivity contribution in [1.29, 1.82) is 0 Å². The van der Waals surface area contributed by atoms with Crippen molar-refractivity contribution in [2.75, 3.05) is 11.4 Å². The molecule has 1 aromatic carbocycles. The van der Waals surface area contributed by atoms with Gasteiger partial charge in [-0.2, -0.15) is 0 Å². The second-order valence-corrected chi connectivity index (χ2v) is 5.69. The number of halogens is 3. The first-order chi connectivity index (χ1) is 9.49. The molecular weight excluding hydrogens is 349 g/mol. The third kappa shape index (κ3) is 2.03. The Hall–Kier alpha value is -1.40. The van der Waals surface area contributed by atoms with Crippen molar-refractivity contribution in [2.45, 2.75) is 13.5 Å². The lowest BCUT2D eigenvalue weighted by molar-refractivity contribution is -0.116. The minimum Gasteiger partial charge on any atom is -0.302 e. The van der Waals surface area contributed by atoms with Gasteiger partial charge in [0.2, 0.25) is 11.9 Å². The molecule has 2 heterocycles. The van der Waals surface area contributed by atoms with Crippen molar-refractivity contribution in [3.63, 3.8) is 0 Å². The number of imidazole rings is 1. The summed E-state index contributed by atoms with van der Waals surface area (Å²) in [6.45, 7) is 2.69. The van der Waals surface area contributed by atoms with E-state index in [1.165, 1.54) is 25.1 Å². The normalized spacial score (nSPS) is 13.7. The minimum absolute atomic E-state index is 0.0839. The van der Waals surface area contributed by atoms with Crippen molar-refractivity contribution < 1.29 is 9.18 Å². The van der Waals surface area contributed by atoms with E-state index in [0.29, 0.717) is 39.9 Å². The molecule has 7 heteroatoms. The maximum absolute atomic E-state index is 13.9. The van der Waals surface area contributed by atoms with Crippen molar-refractivity contribution in [3.8, 4) is 11.3 Å². The van der Waals surface area contributed by atoms with Gasteiger partial charge in [-0.1, -0.05) is 11.6 Å². The fraction of sp³-hybridized carbons (Fsp3) is 0.231. The molecule has 0 spiro atoms. The number of amides is 1. The van der Waals surface area contributed by atoms with Gasteiger partial charge >= 0.3 is 0 Å². The molecule has 0 aliphatic carbocycles. The van der Waals surface area contributed by atoms with E-state index in [2.05, 4.69) is 20.9 Å². The zero-order chi connectivity index (χ0) is 14.4. The Morgan fingerprint density at radius 1 is 1.45 bits per heavy atom. The summed E-state index contributed by atoms with van der Waals surface area (Å²) < 4.78 is 16.4. The number of anilines is 1. The van der Waals surface area contributed by atoms with E-state index in [-0.39, 0.29) is 5.91 Å². The molecular formula is C13H10BrClFN3O. The van der Waals surface area contributed by atoms with Crippen LogP contribution in [0.5, 0.6) is 0 Å². The Labute approximate surface area is 128 Å². The van der Waals surface area contributed by atoms with Crippen LogP contribution < -0.4 is 4.90 Å². The van der Waals surface area contributed by atoms with Crippen LogP contribution in [0.3, 0.4) is 0 Å². The molecule has 4 nitrogen and oxygen atoms in total. The summed E-state index contributed by atoms with van der Waals surface area (Å²) in [6, 6.07) is 4.31. The standard InChI is InChI=1S/C13H10BrClFN3O/c1-7(20)18-4-5-19-12(14)11(17-13(18)19)9-6-8(15)2-3-10(9)16/h2-3,6H,4-5H2,1H3. The molecule has 0 fully saturated rings. The monoisotopic (exact) mass is 357 g/mol. The fourth-order valence-corrected chi connectivity index (χ4v) is 3.09. The molecule has 0 saturated heterocycles. The molecule has 20 heavy (non-hydrogen) atoms. The molecule has 0 saturated carbocycles. The number of carbonyl (C=O) groups excluding carboxylic acids is 1. The molecule has 0 N–H and O–H groups in total. The van der Waals surface area contributed by atoms with Gasteiger partial charge in [-0.3, -0.25) is 9.69 Å². The number of hydrogen-bond acceptors (Lipinski definition) is 2. The van der Waals surface area contributed by atoms with Crippen LogP contribution in [0, 0.1) is 5.82 Å². The summed E-state index contributed by atoms with van der Waals surface area (Å²) in [5, 5.41) is 0.435. The zero-order valence-corrected chi connectivity index (χ0v) is 12.9. The number of nitrogens with zero attached hydrogens (tertiary/aromatic N) is 3. The van der Waals surface area contributed by atoms with Crippen LogP contribution in [0.25, 0.3) is 11.3 Å². The molecule has 0 bridgehead atoms. The van der Waals surface area contributed by atoms with Gasteiger partial charge in [0.15, 0.2) is 0 Å². The van der Waals surface area contributed by atoms with Crippen molar-refractivity contribution in [2.24, 2.45) is 0 Å². The molecule has 1 aliphatic heterocycles. The van der Waals surface area contributed by atoms with Crippen LogP contribution in [0.15, 0.2) is 22.8 Å². The Morgan fingerprint density at radius 3 is 2.90 bits per heavy atom. The Kier molecular flexibility index (Phi) is 3.30. The third-order valence-electron chi connectivity index (χ3n) is 3.24. The SMILES string of the molecule is CC(=O)N1CCn2c1nc(-c1cc(Cl)ccc1F)c2Br. The van der Waals surface area contributed by atoms with Gasteiger partial charge in [-0.25, -0.2) is 9.37 Å². The van der Waals surface area contributed by atoms with Crippen molar-refractivity contribution >= 4 is 39.4 Å². The van der Waals surface area contributed by atoms with E-state index in [1.807, 2.05) is 4.57 Å². The van der Waals surface area contributed by atoms with E-state index >= 15 is 0 Å². The van der Waals surface area contributed by atoms with E-state index in [9.17, 15) is 9.18 Å². The van der Waals surface area contributed by atoms with Crippen LogP contribution in [0.2, 0.25) is 5.02 Å². The minimum atomic E-state index is -0.402. The first-order valence-corrected chi connectivity index (χ1v) is 7.15. The lowest BCUT2D eigenvalue weighted by atomic mass is 10.1. The highest BCUT2D eigenvalue weighted by atomic mass is 79.9. The maximum Gasteiger partial charge on any atom is 0.226 e. The lowest BCUT2D eigenvalue weighted by Gasteiger charge is -2.10. The van der Waals surface area contributed by atoms with E-state index in [1.54, 1.807) is 4.90 Å². The number of rotatable bonds is 1. The highest BCUT2D eigenvalue weighted by Gasteiger charge is 2.29. The van der Waals surface area contributed by atoms with Gasteiger partial charge in [-0.15, -0.1) is 0 Å². The average Bonchev–Trinajstić information content (AvgIpc) is 2.93. The second kappa shape index (κ2) is 4.86. The van der Waals surface area contributed by atoms with Crippen molar-refractivity contribution in [3.05, 3.63) is 33.6 Å². The van der Waals surface area contributed by atoms with Gasteiger partial charge in [-0.05, 0) is 34.1 Å². The zero-order valence-electron chi connectivity index (χ0n) is 10.5. The molecule has 2 aromatic rings. The number of hydrogen-bond donors (Lipinski definition) is 0. The summed E-state index contributed by atoms with van der Waals surface area (Å²) in [5.74, 6) is 0.0411. The molecule has 0 unspecified atom stereocenters. The second-order valence-electron chi connectivity index (χ2n) is 4.50. The summed E-state index contributed by atoms with van der Waals surface area (Å²) in [7, 11) is 0. The smallest absolute Gasteiger partial charge is 0.226 e. The predicted molar refractivity (Wildman–Crippen MR) is 78.4 cm³/mol. The quantitative estimate of drug-likeness (QED) is 0.783. The summed E-state index contributed by atoms with van der Waals surface area (Å²) >= 11 is 9.34. The highest BCUT2D eigenvalue weighted by molar-refractivity contribution is 9.10. The van der Waals surface area contributed by atoms with Gasteiger partial charge in [0, 0.05) is 30.6 Å². The number of aromatic nitrogens is 2. The van der Waals surface area contributed by atoms with Gasteiger partial charge < -0.3 is 4.57 Å². The first kappa shape index (κ1) is 13.6. The molecule has 1 aromatic heterocycles. The Morgan fingerprint density at radius 2 is 2.20 bits per heavy atom. The van der Waals surface area contributed by atoms with Crippen molar-refractivity contribution in [1.82, 2.24) is 9.55 Å². The van der Waals surface area contributed by atoms with E-state index < -0.39 is 5.82 Å². The van der Waals surface area contributed by atoms with Crippen LogP contribution in [0.1, 0.15) is 6.92 Å². The Balaban J connectivity index is 2.15. The van der Waals surface area contributed by atoms with Crippen LogP contribution in [-0.2, 0) is 11.3 Å². The molecule has 0 atom stereocenters. The predicted octanol–water partition coefficient (Wildman–Crippen LogP) is 3.47. The summed E-state index contributed by atoms with van der Waals surface area (Å²) in [5.41, 5.74) is 0.765. The topological polar surface area (TPSA) is 38.1 Å². The molecule has 1 amide bonds. The van der Waals surface area contributed by atoms with Gasteiger partial charge in [0.25, 0.3) is 0 Å². The fourth-order valence-electron chi connectivity index (χ4n) is 2.27. The Bertz CT molecular complexity index is 716. The third-order valence-corrected chi connectivity index (χ3v) is 4.28. The van der Waals surface area contributed by atoms with Crippen LogP contribution >= 0.6 is 27.5 Å². The average molecular weight is 359 g/mol. The van der Waals surface area contributed by atoms with Crippen LogP contribution in [0.4, 0.5) is 10.3 Å². The maximum atomic E-state index is 13.9. The van der Waals surface area contributed by atoms with E-state index in [0.717, 1.165) is 0 Å². The van der Waals surface area contributed by atoms with Crippen LogP contribution in [-0.4, -0.2) is 22.0 Å².